The second-order valence-electron chi connectivity index (χ2n) is 7.18. The topological polar surface area (TPSA) is 77.2 Å². The van der Waals surface area contributed by atoms with E-state index in [-0.39, 0.29) is 17.1 Å². The maximum atomic E-state index is 12.3. The predicted molar refractivity (Wildman–Crippen MR) is 120 cm³/mol. The first-order valence-corrected chi connectivity index (χ1v) is 10.9. The van der Waals surface area contributed by atoms with Crippen molar-refractivity contribution in [2.75, 3.05) is 19.4 Å². The molecule has 0 aliphatic rings. The van der Waals surface area contributed by atoms with Gasteiger partial charge in [0.25, 0.3) is 5.22 Å². The van der Waals surface area contributed by atoms with Gasteiger partial charge in [0.15, 0.2) is 0 Å². The number of carbonyl (C=O) groups is 1. The fourth-order valence-corrected chi connectivity index (χ4v) is 3.53. The molecule has 0 atom stereocenters. The van der Waals surface area contributed by atoms with Gasteiger partial charge < -0.3 is 14.5 Å². The number of benzene rings is 2. The van der Waals surface area contributed by atoms with Crippen molar-refractivity contribution in [2.24, 2.45) is 0 Å². The largest absolute Gasteiger partial charge is 0.497 e. The lowest BCUT2D eigenvalue weighted by Gasteiger charge is -2.26. The van der Waals surface area contributed by atoms with Crippen LogP contribution in [0.2, 0.25) is 10.0 Å². The number of rotatable bonds is 8. The molecule has 0 saturated carbocycles. The smallest absolute Gasteiger partial charge is 0.277 e. The minimum atomic E-state index is -0.305. The highest BCUT2D eigenvalue weighted by atomic mass is 35.5. The Hall–Kier alpha value is -2.22. The molecular formula is C21H21Cl2N3O3S. The third-order valence-electron chi connectivity index (χ3n) is 4.50. The van der Waals surface area contributed by atoms with Crippen molar-refractivity contribution < 1.29 is 13.9 Å². The van der Waals surface area contributed by atoms with Gasteiger partial charge in [-0.25, -0.2) is 0 Å². The molecule has 1 heterocycles. The zero-order valence-corrected chi connectivity index (χ0v) is 19.1. The number of nitrogens with one attached hydrogen (secondary N) is 1. The van der Waals surface area contributed by atoms with Crippen LogP contribution in [-0.2, 0) is 10.2 Å². The van der Waals surface area contributed by atoms with Crippen molar-refractivity contribution in [3.05, 3.63) is 58.1 Å². The molecule has 2 aromatic carbocycles. The lowest BCUT2D eigenvalue weighted by molar-refractivity contribution is -0.118. The second-order valence-corrected chi connectivity index (χ2v) is 8.92. The number of hydrogen-bond donors (Lipinski definition) is 1. The normalized spacial score (nSPS) is 11.4. The summed E-state index contributed by atoms with van der Waals surface area (Å²) in [7, 11) is 1.60. The van der Waals surface area contributed by atoms with Gasteiger partial charge in [0, 0.05) is 17.5 Å². The molecule has 0 unspecified atom stereocenters. The molecule has 1 amide bonds. The Balaban J connectivity index is 1.52. The summed E-state index contributed by atoms with van der Waals surface area (Å²) in [6.45, 7) is 4.50. The highest BCUT2D eigenvalue weighted by molar-refractivity contribution is 7.99. The van der Waals surface area contributed by atoms with Crippen molar-refractivity contribution in [3.63, 3.8) is 0 Å². The first-order chi connectivity index (χ1) is 14.3. The van der Waals surface area contributed by atoms with Gasteiger partial charge in [-0.2, -0.15) is 0 Å². The third-order valence-corrected chi connectivity index (χ3v) is 6.06. The molecule has 158 valence electrons. The molecule has 0 fully saturated rings. The number of methoxy groups -OCH3 is 1. The first kappa shape index (κ1) is 22.5. The SMILES string of the molecule is COc1ccc(-c2nnc(SCC(=O)NCC(C)(C)c3ccc(Cl)c(Cl)c3)o2)cc1. The molecule has 3 rings (SSSR count). The Morgan fingerprint density at radius 2 is 1.87 bits per heavy atom. The van der Waals surface area contributed by atoms with E-state index in [2.05, 4.69) is 15.5 Å². The van der Waals surface area contributed by atoms with Crippen LogP contribution in [-0.4, -0.2) is 35.5 Å². The van der Waals surface area contributed by atoms with E-state index in [1.165, 1.54) is 11.8 Å². The van der Waals surface area contributed by atoms with Crippen molar-refractivity contribution in [1.29, 1.82) is 0 Å². The summed E-state index contributed by atoms with van der Waals surface area (Å²) >= 11 is 13.3. The van der Waals surface area contributed by atoms with Crippen LogP contribution in [0.15, 0.2) is 52.1 Å². The number of hydrogen-bond acceptors (Lipinski definition) is 6. The maximum absolute atomic E-state index is 12.3. The Morgan fingerprint density at radius 3 is 2.53 bits per heavy atom. The number of aromatic nitrogens is 2. The standard InChI is InChI=1S/C21H21Cl2N3O3S/c1-21(2,14-6-9-16(22)17(23)10-14)12-24-18(27)11-30-20-26-25-19(29-20)13-4-7-15(28-3)8-5-13/h4-10H,11-12H2,1-3H3,(H,24,27). The maximum Gasteiger partial charge on any atom is 0.277 e. The van der Waals surface area contributed by atoms with E-state index in [9.17, 15) is 4.79 Å². The van der Waals surface area contributed by atoms with Gasteiger partial charge in [0.1, 0.15) is 5.75 Å². The number of nitrogens with zero attached hydrogens (tertiary/aromatic N) is 2. The quantitative estimate of drug-likeness (QED) is 0.458. The van der Waals surface area contributed by atoms with Gasteiger partial charge >= 0.3 is 0 Å². The Morgan fingerprint density at radius 1 is 1.13 bits per heavy atom. The van der Waals surface area contributed by atoms with Crippen molar-refractivity contribution >= 4 is 40.9 Å². The van der Waals surface area contributed by atoms with Crippen LogP contribution in [0.4, 0.5) is 0 Å². The summed E-state index contributed by atoms with van der Waals surface area (Å²) in [4.78, 5) is 12.3. The van der Waals surface area contributed by atoms with E-state index in [4.69, 9.17) is 32.4 Å². The second kappa shape index (κ2) is 9.73. The minimum Gasteiger partial charge on any atom is -0.497 e. The van der Waals surface area contributed by atoms with Gasteiger partial charge in [0.2, 0.25) is 11.8 Å². The monoisotopic (exact) mass is 465 g/mol. The van der Waals surface area contributed by atoms with E-state index >= 15 is 0 Å². The molecule has 0 aliphatic carbocycles. The lowest BCUT2D eigenvalue weighted by atomic mass is 9.84. The number of carbonyl (C=O) groups excluding carboxylic acids is 1. The molecule has 6 nitrogen and oxygen atoms in total. The molecule has 0 spiro atoms. The summed E-state index contributed by atoms with van der Waals surface area (Å²) in [6, 6.07) is 12.8. The Bertz CT molecular complexity index is 1020. The highest BCUT2D eigenvalue weighted by Crippen LogP contribution is 2.30. The predicted octanol–water partition coefficient (Wildman–Crippen LogP) is 5.24. The third kappa shape index (κ3) is 5.68. The van der Waals surface area contributed by atoms with Crippen LogP contribution >= 0.6 is 35.0 Å². The van der Waals surface area contributed by atoms with Crippen molar-refractivity contribution in [2.45, 2.75) is 24.5 Å². The summed E-state index contributed by atoms with van der Waals surface area (Å²) in [6.07, 6.45) is 0. The number of amides is 1. The fraction of sp³-hybridized carbons (Fsp3) is 0.286. The summed E-state index contributed by atoms with van der Waals surface area (Å²) < 4.78 is 10.8. The Labute approximate surface area is 189 Å². The van der Waals surface area contributed by atoms with E-state index in [0.717, 1.165) is 16.9 Å². The summed E-state index contributed by atoms with van der Waals surface area (Å²) in [5.74, 6) is 1.17. The molecule has 1 N–H and O–H groups in total. The van der Waals surface area contributed by atoms with Crippen LogP contribution in [0.3, 0.4) is 0 Å². The fourth-order valence-electron chi connectivity index (χ4n) is 2.64. The Kier molecular flexibility index (Phi) is 7.28. The molecule has 1 aromatic heterocycles. The van der Waals surface area contributed by atoms with Crippen LogP contribution in [0, 0.1) is 0 Å². The number of halogens is 2. The summed E-state index contributed by atoms with van der Waals surface area (Å²) in [5, 5.41) is 12.3. The van der Waals surface area contributed by atoms with Gasteiger partial charge in [-0.05, 0) is 42.0 Å². The highest BCUT2D eigenvalue weighted by Gasteiger charge is 2.22. The van der Waals surface area contributed by atoms with Gasteiger partial charge in [-0.1, -0.05) is 54.9 Å². The average Bonchev–Trinajstić information content (AvgIpc) is 3.22. The molecule has 0 bridgehead atoms. The molecular weight excluding hydrogens is 445 g/mol. The molecule has 0 radical (unpaired) electrons. The zero-order valence-electron chi connectivity index (χ0n) is 16.7. The molecule has 30 heavy (non-hydrogen) atoms. The van der Waals surface area contributed by atoms with Crippen molar-refractivity contribution in [1.82, 2.24) is 15.5 Å². The van der Waals surface area contributed by atoms with Crippen LogP contribution < -0.4 is 10.1 Å². The van der Waals surface area contributed by atoms with Gasteiger partial charge in [-0.3, -0.25) is 4.79 Å². The number of ether oxygens (including phenoxy) is 1. The van der Waals surface area contributed by atoms with Gasteiger partial charge in [0.05, 0.1) is 22.9 Å². The first-order valence-electron chi connectivity index (χ1n) is 9.11. The number of thioether (sulfide) groups is 1. The molecule has 9 heteroatoms. The van der Waals surface area contributed by atoms with E-state index in [0.29, 0.717) is 27.7 Å². The van der Waals surface area contributed by atoms with Crippen LogP contribution in [0.25, 0.3) is 11.5 Å². The minimum absolute atomic E-state index is 0.127. The van der Waals surface area contributed by atoms with Gasteiger partial charge in [-0.15, -0.1) is 10.2 Å². The zero-order chi connectivity index (χ0) is 21.7. The molecule has 0 aliphatic heterocycles. The van der Waals surface area contributed by atoms with E-state index in [1.54, 1.807) is 13.2 Å². The van der Waals surface area contributed by atoms with E-state index < -0.39 is 0 Å². The lowest BCUT2D eigenvalue weighted by Crippen LogP contribution is -2.37. The van der Waals surface area contributed by atoms with Crippen LogP contribution in [0.1, 0.15) is 19.4 Å². The van der Waals surface area contributed by atoms with Crippen molar-refractivity contribution in [3.8, 4) is 17.2 Å². The van der Waals surface area contributed by atoms with Crippen LogP contribution in [0.5, 0.6) is 5.75 Å². The molecule has 0 saturated heterocycles. The van der Waals surface area contributed by atoms with E-state index in [1.807, 2.05) is 50.2 Å². The summed E-state index contributed by atoms with van der Waals surface area (Å²) in [5.41, 5.74) is 1.47. The average molecular weight is 466 g/mol. The molecule has 3 aromatic rings.